The van der Waals surface area contributed by atoms with E-state index >= 15 is 0 Å². The fraction of sp³-hybridized carbons (Fsp3) is 0.267. The van der Waals surface area contributed by atoms with Gasteiger partial charge in [-0.15, -0.1) is 0 Å². The quantitative estimate of drug-likeness (QED) is 0.874. The smallest absolute Gasteiger partial charge is 0.0339 e. The van der Waals surface area contributed by atoms with Gasteiger partial charge in [0.1, 0.15) is 0 Å². The molecular formula is C15H18N2. The number of rotatable bonds is 3. The second-order valence-electron chi connectivity index (χ2n) is 4.53. The van der Waals surface area contributed by atoms with Gasteiger partial charge >= 0.3 is 0 Å². The molecule has 1 heterocycles. The number of aromatic nitrogens is 1. The van der Waals surface area contributed by atoms with Crippen LogP contribution in [0, 0.1) is 13.8 Å². The number of nitrogens with zero attached hydrogens (tertiary/aromatic N) is 1. The van der Waals surface area contributed by atoms with Gasteiger partial charge in [-0.1, -0.05) is 29.8 Å². The average Bonchev–Trinajstić information content (AvgIpc) is 2.29. The van der Waals surface area contributed by atoms with Crippen LogP contribution in [0.25, 0.3) is 0 Å². The number of aryl methyl sites for hydroxylation is 2. The Morgan fingerprint density at radius 2 is 2.06 bits per heavy atom. The third kappa shape index (κ3) is 2.92. The van der Waals surface area contributed by atoms with Crippen LogP contribution >= 0.6 is 0 Å². The van der Waals surface area contributed by atoms with Crippen molar-refractivity contribution in [3.63, 3.8) is 0 Å². The van der Waals surface area contributed by atoms with Gasteiger partial charge < -0.3 is 5.73 Å². The van der Waals surface area contributed by atoms with E-state index in [1.54, 1.807) is 6.20 Å². The standard InChI is InChI=1S/C15H18N2/c1-11-4-3-5-13(8-11)9-15(16)14-6-7-17-10-12(14)2/h3-8,10,15H,9,16H2,1-2H3. The molecule has 17 heavy (non-hydrogen) atoms. The Balaban J connectivity index is 2.17. The molecule has 0 aliphatic heterocycles. The normalized spacial score (nSPS) is 12.4. The van der Waals surface area contributed by atoms with Crippen molar-refractivity contribution in [1.29, 1.82) is 0 Å². The molecule has 0 saturated carbocycles. The summed E-state index contributed by atoms with van der Waals surface area (Å²) in [5, 5.41) is 0. The zero-order valence-corrected chi connectivity index (χ0v) is 10.4. The van der Waals surface area contributed by atoms with Crippen molar-refractivity contribution in [2.75, 3.05) is 0 Å². The highest BCUT2D eigenvalue weighted by Gasteiger charge is 2.09. The molecule has 2 heteroatoms. The lowest BCUT2D eigenvalue weighted by Gasteiger charge is -2.14. The van der Waals surface area contributed by atoms with Gasteiger partial charge in [0.2, 0.25) is 0 Å². The fourth-order valence-electron chi connectivity index (χ4n) is 2.10. The van der Waals surface area contributed by atoms with E-state index in [0.29, 0.717) is 0 Å². The van der Waals surface area contributed by atoms with Gasteiger partial charge in [0, 0.05) is 18.4 Å². The Bertz CT molecular complexity index is 506. The van der Waals surface area contributed by atoms with Crippen LogP contribution in [0.4, 0.5) is 0 Å². The Kier molecular flexibility index (Phi) is 3.55. The van der Waals surface area contributed by atoms with Crippen molar-refractivity contribution in [2.45, 2.75) is 26.3 Å². The summed E-state index contributed by atoms with van der Waals surface area (Å²) in [5.41, 5.74) is 11.2. The molecule has 0 aliphatic carbocycles. The Labute approximate surface area is 103 Å². The predicted octanol–water partition coefficient (Wildman–Crippen LogP) is 2.94. The van der Waals surface area contributed by atoms with E-state index in [9.17, 15) is 0 Å². The maximum atomic E-state index is 6.25. The van der Waals surface area contributed by atoms with Crippen LogP contribution in [0.5, 0.6) is 0 Å². The summed E-state index contributed by atoms with van der Waals surface area (Å²) in [7, 11) is 0. The summed E-state index contributed by atoms with van der Waals surface area (Å²) >= 11 is 0. The molecule has 2 nitrogen and oxygen atoms in total. The lowest BCUT2D eigenvalue weighted by Crippen LogP contribution is -2.14. The highest BCUT2D eigenvalue weighted by Crippen LogP contribution is 2.19. The van der Waals surface area contributed by atoms with Crippen molar-refractivity contribution in [1.82, 2.24) is 4.98 Å². The molecule has 0 amide bonds. The van der Waals surface area contributed by atoms with Gasteiger partial charge in [0.05, 0.1) is 0 Å². The first-order valence-corrected chi connectivity index (χ1v) is 5.88. The van der Waals surface area contributed by atoms with Gasteiger partial charge in [0.15, 0.2) is 0 Å². The third-order valence-electron chi connectivity index (χ3n) is 3.00. The highest BCUT2D eigenvalue weighted by atomic mass is 14.7. The molecule has 88 valence electrons. The first-order chi connectivity index (χ1) is 8.16. The van der Waals surface area contributed by atoms with Crippen LogP contribution < -0.4 is 5.73 Å². The summed E-state index contributed by atoms with van der Waals surface area (Å²) in [6.07, 6.45) is 4.54. The summed E-state index contributed by atoms with van der Waals surface area (Å²) in [6, 6.07) is 10.6. The van der Waals surface area contributed by atoms with Gasteiger partial charge in [-0.2, -0.15) is 0 Å². The molecule has 1 aromatic heterocycles. The van der Waals surface area contributed by atoms with Crippen molar-refractivity contribution in [3.8, 4) is 0 Å². The molecule has 0 fully saturated rings. The van der Waals surface area contributed by atoms with Crippen LogP contribution in [0.2, 0.25) is 0 Å². The predicted molar refractivity (Wildman–Crippen MR) is 70.8 cm³/mol. The van der Waals surface area contributed by atoms with E-state index in [0.717, 1.165) is 12.0 Å². The molecule has 0 bridgehead atoms. The van der Waals surface area contributed by atoms with E-state index in [-0.39, 0.29) is 6.04 Å². The first-order valence-electron chi connectivity index (χ1n) is 5.88. The van der Waals surface area contributed by atoms with Crippen molar-refractivity contribution in [2.24, 2.45) is 5.73 Å². The zero-order valence-electron chi connectivity index (χ0n) is 10.4. The maximum absolute atomic E-state index is 6.25. The lowest BCUT2D eigenvalue weighted by atomic mass is 9.97. The van der Waals surface area contributed by atoms with Crippen LogP contribution in [-0.4, -0.2) is 4.98 Å². The molecule has 0 spiro atoms. The Hall–Kier alpha value is -1.67. The van der Waals surface area contributed by atoms with Crippen LogP contribution in [0.3, 0.4) is 0 Å². The van der Waals surface area contributed by atoms with Crippen molar-refractivity contribution >= 4 is 0 Å². The summed E-state index contributed by atoms with van der Waals surface area (Å²) in [6.45, 7) is 4.16. The summed E-state index contributed by atoms with van der Waals surface area (Å²) in [4.78, 5) is 4.09. The maximum Gasteiger partial charge on any atom is 0.0339 e. The minimum absolute atomic E-state index is 0.0415. The molecule has 2 N–H and O–H groups in total. The molecule has 2 rings (SSSR count). The molecule has 0 radical (unpaired) electrons. The largest absolute Gasteiger partial charge is 0.324 e. The topological polar surface area (TPSA) is 38.9 Å². The number of nitrogens with two attached hydrogens (primary N) is 1. The van der Waals surface area contributed by atoms with Gasteiger partial charge in [-0.25, -0.2) is 0 Å². The van der Waals surface area contributed by atoms with Crippen molar-refractivity contribution in [3.05, 3.63) is 65.0 Å². The second-order valence-corrected chi connectivity index (χ2v) is 4.53. The van der Waals surface area contributed by atoms with Gasteiger partial charge in [-0.3, -0.25) is 4.98 Å². The highest BCUT2D eigenvalue weighted by molar-refractivity contribution is 5.29. The SMILES string of the molecule is Cc1cccc(CC(N)c2ccncc2C)c1. The van der Waals surface area contributed by atoms with E-state index in [1.165, 1.54) is 16.7 Å². The monoisotopic (exact) mass is 226 g/mol. The second kappa shape index (κ2) is 5.11. The van der Waals surface area contributed by atoms with Crippen LogP contribution in [0.1, 0.15) is 28.3 Å². The first kappa shape index (κ1) is 11.8. The zero-order chi connectivity index (χ0) is 12.3. The molecule has 1 unspecified atom stereocenters. The van der Waals surface area contributed by atoms with E-state index < -0.39 is 0 Å². The summed E-state index contributed by atoms with van der Waals surface area (Å²) < 4.78 is 0. The van der Waals surface area contributed by atoms with Gasteiger partial charge in [-0.05, 0) is 43.0 Å². The molecule has 0 saturated heterocycles. The Morgan fingerprint density at radius 1 is 1.24 bits per heavy atom. The van der Waals surface area contributed by atoms with E-state index in [2.05, 4.69) is 43.1 Å². The van der Waals surface area contributed by atoms with E-state index in [1.807, 2.05) is 12.3 Å². The number of hydrogen-bond acceptors (Lipinski definition) is 2. The molecule has 1 atom stereocenters. The molecule has 1 aromatic carbocycles. The molecule has 2 aromatic rings. The summed E-state index contributed by atoms with van der Waals surface area (Å²) in [5.74, 6) is 0. The Morgan fingerprint density at radius 3 is 2.76 bits per heavy atom. The molecular weight excluding hydrogens is 208 g/mol. The third-order valence-corrected chi connectivity index (χ3v) is 3.00. The number of benzene rings is 1. The van der Waals surface area contributed by atoms with E-state index in [4.69, 9.17) is 5.73 Å². The van der Waals surface area contributed by atoms with Crippen molar-refractivity contribution < 1.29 is 0 Å². The lowest BCUT2D eigenvalue weighted by molar-refractivity contribution is 0.714. The minimum atomic E-state index is 0.0415. The van der Waals surface area contributed by atoms with Crippen LogP contribution in [-0.2, 0) is 6.42 Å². The fourth-order valence-corrected chi connectivity index (χ4v) is 2.10. The average molecular weight is 226 g/mol. The van der Waals surface area contributed by atoms with Gasteiger partial charge in [0.25, 0.3) is 0 Å². The molecule has 0 aliphatic rings. The number of pyridine rings is 1. The minimum Gasteiger partial charge on any atom is -0.324 e. The van der Waals surface area contributed by atoms with Crippen LogP contribution in [0.15, 0.2) is 42.7 Å². The number of hydrogen-bond donors (Lipinski definition) is 1.